The van der Waals surface area contributed by atoms with Crippen LogP contribution in [-0.2, 0) is 6.54 Å². The van der Waals surface area contributed by atoms with Crippen LogP contribution in [0.2, 0.25) is 0 Å². The van der Waals surface area contributed by atoms with E-state index >= 15 is 0 Å². The zero-order chi connectivity index (χ0) is 19.2. The van der Waals surface area contributed by atoms with Crippen molar-refractivity contribution < 1.29 is 0 Å². The van der Waals surface area contributed by atoms with Gasteiger partial charge in [-0.2, -0.15) is 5.10 Å². The molecule has 1 aromatic heterocycles. The first kappa shape index (κ1) is 18.9. The minimum Gasteiger partial charge on any atom is -0.342 e. The lowest BCUT2D eigenvalue weighted by Crippen LogP contribution is -2.24. The number of hydrazone groups is 1. The molecular formula is C22H24N4S. The van der Waals surface area contributed by atoms with Crippen molar-refractivity contribution in [2.45, 2.75) is 27.3 Å². The van der Waals surface area contributed by atoms with Gasteiger partial charge in [0.1, 0.15) is 0 Å². The van der Waals surface area contributed by atoms with Crippen LogP contribution in [0.25, 0.3) is 0 Å². The second kappa shape index (κ2) is 8.64. The average Bonchev–Trinajstić information content (AvgIpc) is 3.06. The normalized spacial score (nSPS) is 10.9. The molecular weight excluding hydrogens is 352 g/mol. The Morgan fingerprint density at radius 3 is 2.63 bits per heavy atom. The molecule has 138 valence electrons. The number of aryl methyl sites for hydroxylation is 3. The van der Waals surface area contributed by atoms with Crippen LogP contribution < -0.4 is 10.7 Å². The third-order valence-corrected chi connectivity index (χ3v) is 4.65. The van der Waals surface area contributed by atoms with Crippen molar-refractivity contribution in [1.29, 1.82) is 0 Å². The molecule has 0 aliphatic heterocycles. The molecule has 0 saturated carbocycles. The van der Waals surface area contributed by atoms with Crippen molar-refractivity contribution in [2.24, 2.45) is 5.10 Å². The summed E-state index contributed by atoms with van der Waals surface area (Å²) in [7, 11) is 0. The SMILES string of the molecule is Cc1ccc(NC(=S)N/N=C\c2cccn2Cc2ccccc2C)c(C)c1. The smallest absolute Gasteiger partial charge is 0.191 e. The molecule has 4 nitrogen and oxygen atoms in total. The lowest BCUT2D eigenvalue weighted by molar-refractivity contribution is 0.793. The fourth-order valence-electron chi connectivity index (χ4n) is 2.92. The van der Waals surface area contributed by atoms with Crippen molar-refractivity contribution in [3.05, 3.63) is 88.7 Å². The fourth-order valence-corrected chi connectivity index (χ4v) is 3.08. The maximum atomic E-state index is 5.34. The molecule has 0 fully saturated rings. The van der Waals surface area contributed by atoms with Gasteiger partial charge in [-0.15, -0.1) is 0 Å². The second-order valence-electron chi connectivity index (χ2n) is 6.63. The zero-order valence-electron chi connectivity index (χ0n) is 15.9. The number of benzene rings is 2. The van der Waals surface area contributed by atoms with E-state index in [4.69, 9.17) is 12.2 Å². The number of hydrogen-bond acceptors (Lipinski definition) is 2. The van der Waals surface area contributed by atoms with Gasteiger partial charge in [0.15, 0.2) is 5.11 Å². The number of nitrogens with zero attached hydrogens (tertiary/aromatic N) is 2. The highest BCUT2D eigenvalue weighted by Crippen LogP contribution is 2.15. The maximum Gasteiger partial charge on any atom is 0.191 e. The summed E-state index contributed by atoms with van der Waals surface area (Å²) in [6.45, 7) is 7.07. The van der Waals surface area contributed by atoms with Gasteiger partial charge in [0, 0.05) is 18.4 Å². The molecule has 0 unspecified atom stereocenters. The summed E-state index contributed by atoms with van der Waals surface area (Å²) in [5.41, 5.74) is 9.84. The summed E-state index contributed by atoms with van der Waals surface area (Å²) in [6, 6.07) is 18.7. The summed E-state index contributed by atoms with van der Waals surface area (Å²) in [4.78, 5) is 0. The summed E-state index contributed by atoms with van der Waals surface area (Å²) in [5.74, 6) is 0. The van der Waals surface area contributed by atoms with Crippen molar-refractivity contribution >= 4 is 29.2 Å². The molecule has 2 aromatic carbocycles. The standard InChI is InChI=1S/C22H24N4S/c1-16-10-11-21(18(3)13-16)24-22(27)25-23-14-20-9-6-12-26(20)15-19-8-5-4-7-17(19)2/h4-14H,15H2,1-3H3,(H2,24,25,27)/b23-14-. The zero-order valence-corrected chi connectivity index (χ0v) is 16.7. The molecule has 0 aliphatic rings. The van der Waals surface area contributed by atoms with Gasteiger partial charge in [0.25, 0.3) is 0 Å². The average molecular weight is 377 g/mol. The lowest BCUT2D eigenvalue weighted by atomic mass is 10.1. The molecule has 0 spiro atoms. The first-order valence-corrected chi connectivity index (χ1v) is 9.31. The number of rotatable bonds is 5. The number of aromatic nitrogens is 1. The summed E-state index contributed by atoms with van der Waals surface area (Å²) in [6.07, 6.45) is 3.84. The first-order valence-electron chi connectivity index (χ1n) is 8.90. The van der Waals surface area contributed by atoms with E-state index < -0.39 is 0 Å². The Bertz CT molecular complexity index is 972. The monoisotopic (exact) mass is 376 g/mol. The Kier molecular flexibility index (Phi) is 6.04. The lowest BCUT2D eigenvalue weighted by Gasteiger charge is -2.11. The van der Waals surface area contributed by atoms with Gasteiger partial charge in [-0.25, -0.2) is 0 Å². The molecule has 0 atom stereocenters. The van der Waals surface area contributed by atoms with Crippen LogP contribution in [-0.4, -0.2) is 15.9 Å². The Labute approximate surface area is 165 Å². The van der Waals surface area contributed by atoms with Crippen LogP contribution in [0.1, 0.15) is 27.9 Å². The van der Waals surface area contributed by atoms with E-state index in [2.05, 4.69) is 83.8 Å². The van der Waals surface area contributed by atoms with Crippen molar-refractivity contribution in [1.82, 2.24) is 9.99 Å². The Morgan fingerprint density at radius 2 is 1.85 bits per heavy atom. The number of nitrogens with one attached hydrogen (secondary N) is 2. The molecule has 5 heteroatoms. The van der Waals surface area contributed by atoms with Crippen molar-refractivity contribution in [2.75, 3.05) is 5.32 Å². The van der Waals surface area contributed by atoms with Gasteiger partial charge in [-0.3, -0.25) is 5.43 Å². The third kappa shape index (κ3) is 5.05. The second-order valence-corrected chi connectivity index (χ2v) is 7.04. The third-order valence-electron chi connectivity index (χ3n) is 4.46. The highest BCUT2D eigenvalue weighted by Gasteiger charge is 2.03. The van der Waals surface area contributed by atoms with Gasteiger partial charge in [-0.1, -0.05) is 42.0 Å². The summed E-state index contributed by atoms with van der Waals surface area (Å²) in [5, 5.41) is 7.93. The summed E-state index contributed by atoms with van der Waals surface area (Å²) >= 11 is 5.34. The predicted octanol–water partition coefficient (Wildman–Crippen LogP) is 4.78. The molecule has 0 amide bonds. The minimum atomic E-state index is 0.468. The van der Waals surface area contributed by atoms with Gasteiger partial charge >= 0.3 is 0 Å². The van der Waals surface area contributed by atoms with E-state index in [0.717, 1.165) is 23.5 Å². The van der Waals surface area contributed by atoms with E-state index in [9.17, 15) is 0 Å². The molecule has 3 aromatic rings. The molecule has 0 bridgehead atoms. The molecule has 0 saturated heterocycles. The van der Waals surface area contributed by atoms with Crippen LogP contribution >= 0.6 is 12.2 Å². The van der Waals surface area contributed by atoms with Gasteiger partial charge in [0.05, 0.1) is 11.9 Å². The van der Waals surface area contributed by atoms with Crippen molar-refractivity contribution in [3.8, 4) is 0 Å². The van der Waals surface area contributed by atoms with E-state index in [1.165, 1.54) is 16.7 Å². The number of hydrogen-bond donors (Lipinski definition) is 2. The summed E-state index contributed by atoms with van der Waals surface area (Å²) < 4.78 is 2.16. The molecule has 0 aliphatic carbocycles. The largest absolute Gasteiger partial charge is 0.342 e. The van der Waals surface area contributed by atoms with Crippen molar-refractivity contribution in [3.63, 3.8) is 0 Å². The van der Waals surface area contributed by atoms with E-state index in [1.54, 1.807) is 6.21 Å². The minimum absolute atomic E-state index is 0.468. The fraction of sp³-hybridized carbons (Fsp3) is 0.182. The molecule has 27 heavy (non-hydrogen) atoms. The van der Waals surface area contributed by atoms with Gasteiger partial charge in [0.2, 0.25) is 0 Å². The molecule has 0 radical (unpaired) electrons. The van der Waals surface area contributed by atoms with E-state index in [-0.39, 0.29) is 0 Å². The van der Waals surface area contributed by atoms with E-state index in [0.29, 0.717) is 5.11 Å². The Morgan fingerprint density at radius 1 is 1.04 bits per heavy atom. The van der Waals surface area contributed by atoms with Gasteiger partial charge in [-0.05, 0) is 67.9 Å². The Hall–Kier alpha value is -2.92. The van der Waals surface area contributed by atoms with Crippen LogP contribution in [0.4, 0.5) is 5.69 Å². The highest BCUT2D eigenvalue weighted by atomic mass is 32.1. The van der Waals surface area contributed by atoms with E-state index in [1.807, 2.05) is 18.2 Å². The number of anilines is 1. The van der Waals surface area contributed by atoms with Crippen LogP contribution in [0.5, 0.6) is 0 Å². The topological polar surface area (TPSA) is 41.4 Å². The van der Waals surface area contributed by atoms with Gasteiger partial charge < -0.3 is 9.88 Å². The van der Waals surface area contributed by atoms with Crippen LogP contribution in [0.3, 0.4) is 0 Å². The Balaban J connectivity index is 1.61. The van der Waals surface area contributed by atoms with Crippen LogP contribution in [0.15, 0.2) is 65.9 Å². The predicted molar refractivity (Wildman–Crippen MR) is 118 cm³/mol. The number of thiocarbonyl (C=S) groups is 1. The molecule has 3 rings (SSSR count). The highest BCUT2D eigenvalue weighted by molar-refractivity contribution is 7.80. The maximum absolute atomic E-state index is 5.34. The molecule has 2 N–H and O–H groups in total. The molecule has 1 heterocycles. The van der Waals surface area contributed by atoms with Crippen LogP contribution in [0, 0.1) is 20.8 Å². The quantitative estimate of drug-likeness (QED) is 0.382. The first-order chi connectivity index (χ1) is 13.0.